The minimum absolute atomic E-state index is 0.284. The SMILES string of the molecule is CC1(C)[C@@H]2C[C@H]1c1cnc(-c3ccccn3)cc1[C@H]2Cc1cccc2c(C[C@@H]3c4cc(-c5ccccn5)ncc4[C@@H]4C[C@H]3C4(C)C)cccc12. The van der Waals surface area contributed by atoms with E-state index in [1.165, 1.54) is 57.0 Å². The molecule has 0 spiro atoms. The molecule has 0 saturated heterocycles. The van der Waals surface area contributed by atoms with Crippen molar-refractivity contribution >= 4 is 10.8 Å². The predicted molar refractivity (Wildman–Crippen MR) is 201 cm³/mol. The molecule has 0 unspecified atom stereocenters. The van der Waals surface area contributed by atoms with E-state index in [4.69, 9.17) is 9.97 Å². The first-order valence-electron chi connectivity index (χ1n) is 18.6. The molecule has 6 aliphatic carbocycles. The first kappa shape index (κ1) is 30.2. The van der Waals surface area contributed by atoms with Gasteiger partial charge in [-0.1, -0.05) is 76.2 Å². The molecule has 50 heavy (non-hydrogen) atoms. The Hall–Kier alpha value is -4.70. The van der Waals surface area contributed by atoms with Gasteiger partial charge in [0.25, 0.3) is 0 Å². The van der Waals surface area contributed by atoms with E-state index in [9.17, 15) is 0 Å². The van der Waals surface area contributed by atoms with Gasteiger partial charge in [0.1, 0.15) is 0 Å². The maximum Gasteiger partial charge on any atom is 0.0889 e. The van der Waals surface area contributed by atoms with Gasteiger partial charge in [-0.15, -0.1) is 0 Å². The standard InChI is InChI=1S/C46H44N4/c1-45(2)37-23-39(45)35-25-49-43(41-15-5-7-17-47-41)21-31(35)33(37)19-27-11-9-14-30-28(12-10-13-29(27)30)20-34-32-22-44(42-16-6-8-18-48-42)50-26-36(32)40-24-38(34)46(40,3)4/h5-18,21-22,25-26,33-34,37-40H,19-20,23-24H2,1-4H3/t33-,34-,37-,38-,39+,40+/m1/s1. The maximum atomic E-state index is 4.95. The van der Waals surface area contributed by atoms with Gasteiger partial charge in [-0.25, -0.2) is 0 Å². The fourth-order valence-electron chi connectivity index (χ4n) is 11.0. The summed E-state index contributed by atoms with van der Waals surface area (Å²) in [7, 11) is 0. The van der Waals surface area contributed by atoms with Gasteiger partial charge in [-0.2, -0.15) is 0 Å². The Balaban J connectivity index is 1.03. The van der Waals surface area contributed by atoms with Gasteiger partial charge in [0, 0.05) is 24.8 Å². The highest BCUT2D eigenvalue weighted by molar-refractivity contribution is 5.89. The Morgan fingerprint density at radius 2 is 0.960 bits per heavy atom. The molecule has 248 valence electrons. The summed E-state index contributed by atoms with van der Waals surface area (Å²) >= 11 is 0. The number of rotatable bonds is 6. The Morgan fingerprint density at radius 3 is 1.36 bits per heavy atom. The molecule has 6 aromatic rings. The molecular formula is C46H44N4. The van der Waals surface area contributed by atoms with E-state index in [-0.39, 0.29) is 10.8 Å². The lowest BCUT2D eigenvalue weighted by Crippen LogP contribution is -2.51. The van der Waals surface area contributed by atoms with Crippen molar-refractivity contribution in [1.82, 2.24) is 19.9 Å². The average molecular weight is 653 g/mol. The third-order valence-corrected chi connectivity index (χ3v) is 14.0. The molecule has 6 atom stereocenters. The van der Waals surface area contributed by atoms with Crippen LogP contribution in [0.1, 0.15) is 97.6 Å². The summed E-state index contributed by atoms with van der Waals surface area (Å²) < 4.78 is 0. The third-order valence-electron chi connectivity index (χ3n) is 14.0. The third kappa shape index (κ3) is 4.36. The van der Waals surface area contributed by atoms with Gasteiger partial charge >= 0.3 is 0 Å². The van der Waals surface area contributed by atoms with Crippen molar-refractivity contribution in [2.75, 3.05) is 0 Å². The molecule has 2 fully saturated rings. The van der Waals surface area contributed by atoms with Gasteiger partial charge in [0.15, 0.2) is 0 Å². The van der Waals surface area contributed by atoms with E-state index in [0.29, 0.717) is 35.5 Å². The number of nitrogens with zero attached hydrogens (tertiary/aromatic N) is 4. The zero-order chi connectivity index (χ0) is 33.8. The highest BCUT2D eigenvalue weighted by atomic mass is 14.8. The highest BCUT2D eigenvalue weighted by Gasteiger charge is 2.58. The molecule has 12 rings (SSSR count). The second-order valence-corrected chi connectivity index (χ2v) is 16.8. The smallest absolute Gasteiger partial charge is 0.0889 e. The molecule has 2 saturated carbocycles. The van der Waals surface area contributed by atoms with Crippen LogP contribution in [0, 0.1) is 22.7 Å². The monoisotopic (exact) mass is 652 g/mol. The highest BCUT2D eigenvalue weighted by Crippen LogP contribution is 2.68. The Bertz CT molecular complexity index is 2110. The lowest BCUT2D eigenvalue weighted by Gasteiger charge is -2.60. The van der Waals surface area contributed by atoms with Crippen LogP contribution < -0.4 is 0 Å². The summed E-state index contributed by atoms with van der Waals surface area (Å²) in [6, 6.07) is 31.1. The van der Waals surface area contributed by atoms with Crippen LogP contribution >= 0.6 is 0 Å². The van der Waals surface area contributed by atoms with Crippen molar-refractivity contribution < 1.29 is 0 Å². The van der Waals surface area contributed by atoms with E-state index < -0.39 is 0 Å². The van der Waals surface area contributed by atoms with Gasteiger partial charge in [-0.3, -0.25) is 19.9 Å². The molecule has 4 aromatic heterocycles. The molecule has 0 amide bonds. The lowest BCUT2D eigenvalue weighted by molar-refractivity contribution is -0.00584. The Labute approximate surface area is 295 Å². The van der Waals surface area contributed by atoms with Crippen LogP contribution in [0.15, 0.2) is 110 Å². The minimum atomic E-state index is 0.284. The Kier molecular flexibility index (Phi) is 6.57. The molecule has 4 heteroatoms. The van der Waals surface area contributed by atoms with Gasteiger partial charge < -0.3 is 0 Å². The summed E-state index contributed by atoms with van der Waals surface area (Å²) in [5.74, 6) is 3.41. The van der Waals surface area contributed by atoms with Crippen molar-refractivity contribution in [3.05, 3.63) is 143 Å². The zero-order valence-electron chi connectivity index (χ0n) is 29.5. The molecule has 4 nitrogen and oxygen atoms in total. The van der Waals surface area contributed by atoms with Crippen molar-refractivity contribution in [2.45, 2.75) is 77.0 Å². The van der Waals surface area contributed by atoms with Gasteiger partial charge in [-0.05, 0) is 153 Å². The first-order chi connectivity index (χ1) is 24.3. The maximum absolute atomic E-state index is 4.95. The van der Waals surface area contributed by atoms with Crippen LogP contribution in [0.3, 0.4) is 0 Å². The molecule has 4 bridgehead atoms. The minimum Gasteiger partial charge on any atom is -0.255 e. The molecule has 0 aliphatic heterocycles. The number of aromatic nitrogens is 4. The fourth-order valence-corrected chi connectivity index (χ4v) is 11.0. The second-order valence-electron chi connectivity index (χ2n) is 16.8. The van der Waals surface area contributed by atoms with E-state index in [0.717, 1.165) is 35.6 Å². The summed E-state index contributed by atoms with van der Waals surface area (Å²) in [5, 5.41) is 2.82. The van der Waals surface area contributed by atoms with E-state index in [1.807, 2.05) is 24.5 Å². The largest absolute Gasteiger partial charge is 0.255 e. The molecule has 2 aromatic carbocycles. The average Bonchev–Trinajstić information content (AvgIpc) is 3.15. The summed E-state index contributed by atoms with van der Waals surface area (Å²) in [6.07, 6.45) is 12.7. The van der Waals surface area contributed by atoms with Crippen LogP contribution in [0.4, 0.5) is 0 Å². The van der Waals surface area contributed by atoms with Crippen LogP contribution in [0.2, 0.25) is 0 Å². The van der Waals surface area contributed by atoms with Crippen LogP contribution in [0.5, 0.6) is 0 Å². The molecule has 4 heterocycles. The number of hydrogen-bond acceptors (Lipinski definition) is 4. The molecule has 6 aliphatic rings. The van der Waals surface area contributed by atoms with E-state index >= 15 is 0 Å². The summed E-state index contributed by atoms with van der Waals surface area (Å²) in [5.41, 5.74) is 13.3. The van der Waals surface area contributed by atoms with Gasteiger partial charge in [0.2, 0.25) is 0 Å². The van der Waals surface area contributed by atoms with Crippen LogP contribution in [-0.2, 0) is 12.8 Å². The molecular weight excluding hydrogens is 609 g/mol. The normalized spacial score (nSPS) is 26.3. The molecule has 0 N–H and O–H groups in total. The fraction of sp³-hybridized carbons (Fsp3) is 0.348. The van der Waals surface area contributed by atoms with Crippen molar-refractivity contribution in [2.24, 2.45) is 22.7 Å². The first-order valence-corrected chi connectivity index (χ1v) is 18.6. The Morgan fingerprint density at radius 1 is 0.500 bits per heavy atom. The predicted octanol–water partition coefficient (Wildman–Crippen LogP) is 10.7. The number of pyridine rings is 4. The number of hydrogen-bond donors (Lipinski definition) is 0. The topological polar surface area (TPSA) is 51.6 Å². The second kappa shape index (κ2) is 10.9. The summed E-state index contributed by atoms with van der Waals surface area (Å²) in [4.78, 5) is 19.2. The zero-order valence-corrected chi connectivity index (χ0v) is 29.5. The van der Waals surface area contributed by atoms with E-state index in [2.05, 4.69) is 123 Å². The van der Waals surface area contributed by atoms with Crippen molar-refractivity contribution in [3.63, 3.8) is 0 Å². The quantitative estimate of drug-likeness (QED) is 0.180. The van der Waals surface area contributed by atoms with Crippen LogP contribution in [0.25, 0.3) is 33.5 Å². The van der Waals surface area contributed by atoms with Gasteiger partial charge in [0.05, 0.1) is 22.8 Å². The summed E-state index contributed by atoms with van der Waals surface area (Å²) in [6.45, 7) is 9.94. The van der Waals surface area contributed by atoms with Crippen molar-refractivity contribution in [1.29, 1.82) is 0 Å². The number of benzene rings is 2. The van der Waals surface area contributed by atoms with E-state index in [1.54, 1.807) is 0 Å². The lowest BCUT2D eigenvalue weighted by atomic mass is 9.43. The molecule has 0 radical (unpaired) electrons. The van der Waals surface area contributed by atoms with Crippen molar-refractivity contribution in [3.8, 4) is 22.8 Å². The van der Waals surface area contributed by atoms with Crippen LogP contribution in [-0.4, -0.2) is 19.9 Å². The number of fused-ring (bicyclic) bond motifs is 1.